The van der Waals surface area contributed by atoms with Crippen molar-refractivity contribution in [2.75, 3.05) is 0 Å². The molecule has 2 aromatic heterocycles. The molecule has 7 heteroatoms. The zero-order valence-electron chi connectivity index (χ0n) is 17.1. The Balaban J connectivity index is 1.65. The molecule has 4 aromatic rings. The lowest BCUT2D eigenvalue weighted by Crippen LogP contribution is -2.05. The number of rotatable bonds is 7. The van der Waals surface area contributed by atoms with Crippen LogP contribution in [-0.4, -0.2) is 25.8 Å². The second kappa shape index (κ2) is 9.18. The predicted octanol–water partition coefficient (Wildman–Crippen LogP) is 6.20. The molecule has 0 fully saturated rings. The summed E-state index contributed by atoms with van der Waals surface area (Å²) in [5, 5.41) is 9.39. The molecule has 4 rings (SSSR count). The molecule has 0 spiro atoms. The van der Waals surface area contributed by atoms with Crippen molar-refractivity contribution in [2.24, 2.45) is 0 Å². The van der Waals surface area contributed by atoms with Crippen molar-refractivity contribution < 1.29 is 14.6 Å². The van der Waals surface area contributed by atoms with Gasteiger partial charge in [0.2, 0.25) is 0 Å². The summed E-state index contributed by atoms with van der Waals surface area (Å²) in [6, 6.07) is 17.0. The number of halogens is 1. The van der Waals surface area contributed by atoms with Crippen LogP contribution in [0.4, 0.5) is 4.79 Å². The summed E-state index contributed by atoms with van der Waals surface area (Å²) in [4.78, 5) is 19.9. The monoisotopic (exact) mass is 435 g/mol. The maximum Gasteiger partial charge on any atom is 0.511 e. The summed E-state index contributed by atoms with van der Waals surface area (Å²) in [6.45, 7) is 2.82. The molecule has 158 valence electrons. The Kier molecular flexibility index (Phi) is 6.18. The fourth-order valence-corrected chi connectivity index (χ4v) is 3.83. The molecular formula is C24H22ClN3O3. The highest BCUT2D eigenvalue weighted by atomic mass is 35.5. The van der Waals surface area contributed by atoms with Gasteiger partial charge in [-0.05, 0) is 29.7 Å². The maximum absolute atomic E-state index is 11.0. The molecular weight excluding hydrogens is 414 g/mol. The average molecular weight is 436 g/mol. The van der Waals surface area contributed by atoms with Crippen LogP contribution in [0.15, 0.2) is 60.8 Å². The average Bonchev–Trinajstić information content (AvgIpc) is 3.11. The topological polar surface area (TPSA) is 77.2 Å². The van der Waals surface area contributed by atoms with Crippen LogP contribution in [0.3, 0.4) is 0 Å². The number of nitrogens with zero attached hydrogens (tertiary/aromatic N) is 3. The summed E-state index contributed by atoms with van der Waals surface area (Å²) in [6.07, 6.45) is 3.38. The first-order valence-corrected chi connectivity index (χ1v) is 10.5. The molecule has 0 saturated heterocycles. The van der Waals surface area contributed by atoms with Gasteiger partial charge >= 0.3 is 6.16 Å². The van der Waals surface area contributed by atoms with Gasteiger partial charge in [0.25, 0.3) is 0 Å². The Morgan fingerprint density at radius 1 is 1.13 bits per heavy atom. The highest BCUT2D eigenvalue weighted by Crippen LogP contribution is 2.30. The van der Waals surface area contributed by atoms with Gasteiger partial charge in [0, 0.05) is 24.7 Å². The summed E-state index contributed by atoms with van der Waals surface area (Å²) in [7, 11) is 0. The van der Waals surface area contributed by atoms with E-state index in [0.29, 0.717) is 17.4 Å². The molecule has 0 aliphatic heterocycles. The normalized spacial score (nSPS) is 11.0. The SMILES string of the molecule is CCCCc1nc2c(Cl)nccc2n1Cc1ccc(-c2ccccc2OC(=O)O)cc1. The number of aromatic nitrogens is 3. The fraction of sp³-hybridized carbons (Fsp3) is 0.208. The van der Waals surface area contributed by atoms with Crippen LogP contribution in [-0.2, 0) is 13.0 Å². The zero-order chi connectivity index (χ0) is 21.8. The van der Waals surface area contributed by atoms with Crippen LogP contribution in [0.2, 0.25) is 5.15 Å². The molecule has 31 heavy (non-hydrogen) atoms. The summed E-state index contributed by atoms with van der Waals surface area (Å²) in [5.74, 6) is 1.31. The summed E-state index contributed by atoms with van der Waals surface area (Å²) >= 11 is 6.28. The minimum absolute atomic E-state index is 0.312. The first-order chi connectivity index (χ1) is 15.1. The van der Waals surface area contributed by atoms with Crippen molar-refractivity contribution >= 4 is 28.8 Å². The number of ether oxygens (including phenoxy) is 1. The molecule has 0 radical (unpaired) electrons. The standard InChI is InChI=1S/C24H22ClN3O3/c1-2-3-8-21-27-22-19(13-14-26-23(22)25)28(21)15-16-9-11-17(12-10-16)18-6-4-5-7-20(18)31-24(29)30/h4-7,9-14H,2-3,8,15H2,1H3,(H,29,30). The first kappa shape index (κ1) is 20.9. The summed E-state index contributed by atoms with van der Waals surface area (Å²) in [5.41, 5.74) is 4.41. The van der Waals surface area contributed by atoms with Gasteiger partial charge in [-0.1, -0.05) is 67.4 Å². The van der Waals surface area contributed by atoms with Crippen molar-refractivity contribution in [2.45, 2.75) is 32.7 Å². The number of benzene rings is 2. The zero-order valence-corrected chi connectivity index (χ0v) is 17.8. The molecule has 0 atom stereocenters. The third-order valence-corrected chi connectivity index (χ3v) is 5.42. The number of carboxylic acid groups (broad SMARTS) is 1. The van der Waals surface area contributed by atoms with E-state index in [2.05, 4.69) is 16.5 Å². The third-order valence-electron chi connectivity index (χ3n) is 5.15. The van der Waals surface area contributed by atoms with Gasteiger partial charge in [0.1, 0.15) is 17.1 Å². The molecule has 2 heterocycles. The van der Waals surface area contributed by atoms with Crippen LogP contribution < -0.4 is 4.74 Å². The lowest BCUT2D eigenvalue weighted by atomic mass is 10.0. The van der Waals surface area contributed by atoms with E-state index in [1.165, 1.54) is 0 Å². The van der Waals surface area contributed by atoms with E-state index in [-0.39, 0.29) is 0 Å². The Morgan fingerprint density at radius 3 is 2.65 bits per heavy atom. The number of aryl methyl sites for hydroxylation is 1. The van der Waals surface area contributed by atoms with Gasteiger partial charge in [-0.2, -0.15) is 0 Å². The number of carbonyl (C=O) groups is 1. The molecule has 6 nitrogen and oxygen atoms in total. The Bertz CT molecular complexity index is 1220. The second-order valence-electron chi connectivity index (χ2n) is 7.25. The van der Waals surface area contributed by atoms with Gasteiger partial charge in [0.05, 0.1) is 5.52 Å². The molecule has 0 aliphatic rings. The highest BCUT2D eigenvalue weighted by Gasteiger charge is 2.14. The molecule has 0 saturated carbocycles. The van der Waals surface area contributed by atoms with E-state index < -0.39 is 6.16 Å². The second-order valence-corrected chi connectivity index (χ2v) is 7.61. The molecule has 0 bridgehead atoms. The number of fused-ring (bicyclic) bond motifs is 1. The van der Waals surface area contributed by atoms with Crippen molar-refractivity contribution in [3.8, 4) is 16.9 Å². The smallest absolute Gasteiger partial charge is 0.449 e. The Morgan fingerprint density at radius 2 is 1.90 bits per heavy atom. The van der Waals surface area contributed by atoms with Crippen LogP contribution in [0.5, 0.6) is 5.75 Å². The van der Waals surface area contributed by atoms with E-state index >= 15 is 0 Å². The quantitative estimate of drug-likeness (QED) is 0.212. The van der Waals surface area contributed by atoms with Gasteiger partial charge in [-0.3, -0.25) is 0 Å². The van der Waals surface area contributed by atoms with Gasteiger partial charge in [-0.25, -0.2) is 14.8 Å². The maximum atomic E-state index is 11.0. The van der Waals surface area contributed by atoms with Crippen LogP contribution in [0.1, 0.15) is 31.2 Å². The van der Waals surface area contributed by atoms with Gasteiger partial charge < -0.3 is 14.4 Å². The van der Waals surface area contributed by atoms with Crippen molar-refractivity contribution in [1.29, 1.82) is 0 Å². The number of unbranched alkanes of at least 4 members (excludes halogenated alkanes) is 1. The number of hydrogen-bond donors (Lipinski definition) is 1. The predicted molar refractivity (Wildman–Crippen MR) is 121 cm³/mol. The van der Waals surface area contributed by atoms with Gasteiger partial charge in [-0.15, -0.1) is 0 Å². The molecule has 0 amide bonds. The van der Waals surface area contributed by atoms with Crippen molar-refractivity contribution in [1.82, 2.24) is 14.5 Å². The minimum Gasteiger partial charge on any atom is -0.449 e. The van der Waals surface area contributed by atoms with E-state index in [1.54, 1.807) is 18.3 Å². The number of hydrogen-bond acceptors (Lipinski definition) is 4. The van der Waals surface area contributed by atoms with Crippen LogP contribution >= 0.6 is 11.6 Å². The number of imidazole rings is 1. The van der Waals surface area contributed by atoms with Crippen molar-refractivity contribution in [3.63, 3.8) is 0 Å². The van der Waals surface area contributed by atoms with E-state index in [0.717, 1.165) is 52.8 Å². The number of pyridine rings is 1. The molecule has 1 N–H and O–H groups in total. The van der Waals surface area contributed by atoms with Gasteiger partial charge in [0.15, 0.2) is 5.15 Å². The lowest BCUT2D eigenvalue weighted by molar-refractivity contribution is 0.144. The van der Waals surface area contributed by atoms with Crippen LogP contribution in [0, 0.1) is 0 Å². The summed E-state index contributed by atoms with van der Waals surface area (Å²) < 4.78 is 7.10. The Labute approximate surface area is 185 Å². The third kappa shape index (κ3) is 4.54. The Hall–Kier alpha value is -3.38. The lowest BCUT2D eigenvalue weighted by Gasteiger charge is -2.11. The first-order valence-electron chi connectivity index (χ1n) is 10.2. The van der Waals surface area contributed by atoms with E-state index in [9.17, 15) is 4.79 Å². The largest absolute Gasteiger partial charge is 0.511 e. The molecule has 0 aliphatic carbocycles. The van der Waals surface area contributed by atoms with Crippen LogP contribution in [0.25, 0.3) is 22.2 Å². The highest BCUT2D eigenvalue weighted by molar-refractivity contribution is 6.33. The minimum atomic E-state index is -1.33. The fourth-order valence-electron chi connectivity index (χ4n) is 3.63. The molecule has 0 unspecified atom stereocenters. The van der Waals surface area contributed by atoms with Crippen molar-refractivity contribution in [3.05, 3.63) is 77.3 Å². The number of para-hydroxylation sites is 1. The van der Waals surface area contributed by atoms with E-state index in [4.69, 9.17) is 26.4 Å². The molecule has 2 aromatic carbocycles. The van der Waals surface area contributed by atoms with E-state index in [1.807, 2.05) is 42.5 Å².